The maximum absolute atomic E-state index is 15.0. The predicted molar refractivity (Wildman–Crippen MR) is 155 cm³/mol. The van der Waals surface area contributed by atoms with Crippen molar-refractivity contribution in [3.8, 4) is 11.5 Å². The number of nitrogens with zero attached hydrogens (tertiary/aromatic N) is 3. The third-order valence-corrected chi connectivity index (χ3v) is 6.89. The third-order valence-electron chi connectivity index (χ3n) is 6.89. The summed E-state index contributed by atoms with van der Waals surface area (Å²) in [4.78, 5) is 33.2. The number of hydrogen-bond acceptors (Lipinski definition) is 7. The number of hydrogen-bond donors (Lipinski definition) is 4. The van der Waals surface area contributed by atoms with Gasteiger partial charge in [-0.1, -0.05) is 26.8 Å². The van der Waals surface area contributed by atoms with E-state index in [0.29, 0.717) is 12.2 Å². The Balaban J connectivity index is 1.29. The Labute approximate surface area is 237 Å². The highest BCUT2D eigenvalue weighted by Crippen LogP contribution is 2.32. The van der Waals surface area contributed by atoms with Crippen molar-refractivity contribution >= 4 is 34.2 Å². The molecule has 4 aromatic rings. The van der Waals surface area contributed by atoms with Crippen LogP contribution in [0.5, 0.6) is 11.5 Å². The van der Waals surface area contributed by atoms with Crippen LogP contribution in [0.2, 0.25) is 0 Å². The second-order valence-corrected chi connectivity index (χ2v) is 10.8. The van der Waals surface area contributed by atoms with Crippen LogP contribution in [0.25, 0.3) is 10.9 Å². The molecule has 2 unspecified atom stereocenters. The fraction of sp³-hybridized carbons (Fsp3) is 0.267. The van der Waals surface area contributed by atoms with Crippen molar-refractivity contribution < 1.29 is 18.7 Å². The van der Waals surface area contributed by atoms with Crippen molar-refractivity contribution in [2.24, 2.45) is 5.41 Å². The quantitative estimate of drug-likeness (QED) is 0.257. The van der Waals surface area contributed by atoms with Crippen molar-refractivity contribution in [1.82, 2.24) is 26.0 Å². The minimum absolute atomic E-state index is 0.00251. The number of ether oxygens (including phenoxy) is 1. The number of carbonyl (C=O) groups is 2. The Kier molecular flexibility index (Phi) is 7.71. The van der Waals surface area contributed by atoms with Crippen LogP contribution in [0.1, 0.15) is 37.7 Å². The largest absolute Gasteiger partial charge is 0.457 e. The second-order valence-electron chi connectivity index (χ2n) is 10.8. The number of urea groups is 1. The zero-order valence-corrected chi connectivity index (χ0v) is 23.2. The number of hydrazine groups is 1. The fourth-order valence-electron chi connectivity index (χ4n) is 4.61. The van der Waals surface area contributed by atoms with Crippen molar-refractivity contribution in [1.29, 1.82) is 0 Å². The highest BCUT2D eigenvalue weighted by atomic mass is 19.1. The maximum atomic E-state index is 15.0. The highest BCUT2D eigenvalue weighted by Gasteiger charge is 2.39. The van der Waals surface area contributed by atoms with Crippen LogP contribution >= 0.6 is 0 Å². The molecule has 212 valence electrons. The van der Waals surface area contributed by atoms with Gasteiger partial charge in [0.05, 0.1) is 16.9 Å². The van der Waals surface area contributed by atoms with E-state index < -0.39 is 11.8 Å². The molecule has 1 aliphatic heterocycles. The Morgan fingerprint density at radius 1 is 1.02 bits per heavy atom. The number of nitrogens with one attached hydrogen (secondary N) is 4. The molecule has 11 heteroatoms. The molecule has 3 amide bonds. The first-order valence-electron chi connectivity index (χ1n) is 13.2. The van der Waals surface area contributed by atoms with E-state index in [-0.39, 0.29) is 40.7 Å². The van der Waals surface area contributed by atoms with Gasteiger partial charge in [-0.15, -0.1) is 0 Å². The number of aromatic nitrogens is 2. The van der Waals surface area contributed by atoms with E-state index in [9.17, 15) is 14.0 Å². The Morgan fingerprint density at radius 3 is 2.59 bits per heavy atom. The minimum atomic E-state index is -0.672. The van der Waals surface area contributed by atoms with Crippen LogP contribution < -0.4 is 31.1 Å². The summed E-state index contributed by atoms with van der Waals surface area (Å²) in [6.07, 6.45) is 3.43. The number of anilines is 2. The highest BCUT2D eigenvalue weighted by molar-refractivity contribution is 5.92. The van der Waals surface area contributed by atoms with Gasteiger partial charge in [0, 0.05) is 49.4 Å². The van der Waals surface area contributed by atoms with E-state index in [4.69, 9.17) is 4.74 Å². The first-order chi connectivity index (χ1) is 19.6. The molecule has 5 rings (SSSR count). The average molecular weight is 558 g/mol. The molecule has 2 aromatic heterocycles. The summed E-state index contributed by atoms with van der Waals surface area (Å²) >= 11 is 0. The minimum Gasteiger partial charge on any atom is -0.457 e. The average Bonchev–Trinajstić information content (AvgIpc) is 3.38. The summed E-state index contributed by atoms with van der Waals surface area (Å²) in [5, 5.41) is 11.0. The Hall–Kier alpha value is -4.77. The first kappa shape index (κ1) is 27.8. The van der Waals surface area contributed by atoms with Crippen molar-refractivity contribution in [2.45, 2.75) is 39.4 Å². The van der Waals surface area contributed by atoms with E-state index in [0.717, 1.165) is 22.7 Å². The molecular formula is C30H32FN7O3. The molecule has 0 radical (unpaired) electrons. The summed E-state index contributed by atoms with van der Waals surface area (Å²) in [6, 6.07) is 16.5. The van der Waals surface area contributed by atoms with Gasteiger partial charge in [-0.2, -0.15) is 0 Å². The monoisotopic (exact) mass is 557 g/mol. The zero-order valence-electron chi connectivity index (χ0n) is 23.2. The molecule has 41 heavy (non-hydrogen) atoms. The molecule has 10 nitrogen and oxygen atoms in total. The number of pyridine rings is 2. The van der Waals surface area contributed by atoms with E-state index >= 15 is 0 Å². The molecule has 2 atom stereocenters. The third kappa shape index (κ3) is 6.36. The van der Waals surface area contributed by atoms with E-state index in [1.54, 1.807) is 12.3 Å². The van der Waals surface area contributed by atoms with Gasteiger partial charge in [0.15, 0.2) is 0 Å². The van der Waals surface area contributed by atoms with Gasteiger partial charge < -0.3 is 20.7 Å². The second kappa shape index (κ2) is 11.4. The molecule has 3 heterocycles. The summed E-state index contributed by atoms with van der Waals surface area (Å²) in [5.74, 6) is -0.514. The topological polar surface area (TPSA) is 121 Å². The summed E-state index contributed by atoms with van der Waals surface area (Å²) in [7, 11) is 1.50. The number of halogens is 1. The van der Waals surface area contributed by atoms with Gasteiger partial charge in [-0.05, 0) is 47.9 Å². The SMILES string of the molecule is CNC(=O)c1cc(Oc2ccc(NC(=O)NC3CC(C(C)(C)C)NN3c3ccc4ncccc4c3)c(F)c2)ccn1. The van der Waals surface area contributed by atoms with Crippen LogP contribution in [0.4, 0.5) is 20.6 Å². The molecule has 4 N–H and O–H groups in total. The van der Waals surface area contributed by atoms with Gasteiger partial charge in [0.25, 0.3) is 5.91 Å². The number of carbonyl (C=O) groups excluding carboxylic acids is 2. The maximum Gasteiger partial charge on any atom is 0.320 e. The Bertz CT molecular complexity index is 1590. The summed E-state index contributed by atoms with van der Waals surface area (Å²) < 4.78 is 20.7. The number of rotatable bonds is 6. The zero-order chi connectivity index (χ0) is 29.1. The van der Waals surface area contributed by atoms with Gasteiger partial charge in [-0.3, -0.25) is 19.8 Å². The lowest BCUT2D eigenvalue weighted by Crippen LogP contribution is -2.50. The van der Waals surface area contributed by atoms with Crippen LogP contribution in [-0.2, 0) is 0 Å². The molecule has 0 aliphatic carbocycles. The lowest BCUT2D eigenvalue weighted by Gasteiger charge is -2.29. The van der Waals surface area contributed by atoms with Crippen molar-refractivity contribution in [3.63, 3.8) is 0 Å². The van der Waals surface area contributed by atoms with Gasteiger partial charge in [0.1, 0.15) is 29.2 Å². The van der Waals surface area contributed by atoms with E-state index in [1.807, 2.05) is 35.3 Å². The fourth-order valence-corrected chi connectivity index (χ4v) is 4.61. The predicted octanol–water partition coefficient (Wildman–Crippen LogP) is 5.20. The normalized spacial score (nSPS) is 16.9. The van der Waals surface area contributed by atoms with E-state index in [1.165, 1.54) is 31.4 Å². The van der Waals surface area contributed by atoms with Crippen LogP contribution in [0.15, 0.2) is 73.1 Å². The molecule has 1 fully saturated rings. The van der Waals surface area contributed by atoms with Crippen LogP contribution in [0, 0.1) is 11.2 Å². The van der Waals surface area contributed by atoms with Gasteiger partial charge in [0.2, 0.25) is 0 Å². The Morgan fingerprint density at radius 2 is 1.83 bits per heavy atom. The summed E-state index contributed by atoms with van der Waals surface area (Å²) in [5.41, 5.74) is 5.40. The molecule has 2 aromatic carbocycles. The molecule has 0 spiro atoms. The molecular weight excluding hydrogens is 525 g/mol. The van der Waals surface area contributed by atoms with Crippen LogP contribution in [-0.4, -0.2) is 41.2 Å². The first-order valence-corrected chi connectivity index (χ1v) is 13.2. The molecule has 0 saturated carbocycles. The van der Waals surface area contributed by atoms with Crippen molar-refractivity contribution in [3.05, 3.63) is 84.6 Å². The number of amides is 3. The molecule has 0 bridgehead atoms. The van der Waals surface area contributed by atoms with Gasteiger partial charge >= 0.3 is 6.03 Å². The smallest absolute Gasteiger partial charge is 0.320 e. The standard InChI is InChI=1S/C30H32FN7O3/c1-30(2,3)26-17-27(38(37-26)19-7-9-23-18(14-19)6-5-12-33-23)36-29(40)35-24-10-8-20(15-22(24)31)41-21-11-13-34-25(16-21)28(39)32-4/h5-16,26-27,37H,17H2,1-4H3,(H,32,39)(H2,35,36,40). The van der Waals surface area contributed by atoms with Gasteiger partial charge in [-0.25, -0.2) is 14.6 Å². The van der Waals surface area contributed by atoms with E-state index in [2.05, 4.69) is 52.1 Å². The van der Waals surface area contributed by atoms with Crippen LogP contribution in [0.3, 0.4) is 0 Å². The number of benzene rings is 2. The lowest BCUT2D eigenvalue weighted by atomic mass is 9.85. The summed E-state index contributed by atoms with van der Waals surface area (Å²) in [6.45, 7) is 6.42. The molecule has 1 saturated heterocycles. The van der Waals surface area contributed by atoms with Crippen molar-refractivity contribution in [2.75, 3.05) is 17.4 Å². The molecule has 1 aliphatic rings. The lowest BCUT2D eigenvalue weighted by molar-refractivity contribution is 0.0957. The number of fused-ring (bicyclic) bond motifs is 1.